The Balaban J connectivity index is 1.99. The van der Waals surface area contributed by atoms with E-state index in [1.807, 2.05) is 0 Å². The molecule has 23 heavy (non-hydrogen) atoms. The summed E-state index contributed by atoms with van der Waals surface area (Å²) in [5.41, 5.74) is -0.189. The van der Waals surface area contributed by atoms with Crippen molar-refractivity contribution in [2.24, 2.45) is 22.7 Å². The molecule has 2 aliphatic carbocycles. The molecule has 0 radical (unpaired) electrons. The van der Waals surface area contributed by atoms with Crippen LogP contribution in [-0.2, 0) is 4.74 Å². The Labute approximate surface area is 141 Å². The Hall–Kier alpha value is -0.120. The second-order valence-electron chi connectivity index (χ2n) is 9.74. The molecule has 3 aliphatic rings. The lowest BCUT2D eigenvalue weighted by atomic mass is 9.44. The molecule has 1 aliphatic heterocycles. The summed E-state index contributed by atoms with van der Waals surface area (Å²) in [6, 6.07) is 0. The Morgan fingerprint density at radius 3 is 2.35 bits per heavy atom. The fraction of sp³-hybridized carbons (Fsp3) is 1.00. The molecule has 3 fully saturated rings. The zero-order valence-corrected chi connectivity index (χ0v) is 15.7. The quantitative estimate of drug-likeness (QED) is 0.809. The Morgan fingerprint density at radius 2 is 1.70 bits per heavy atom. The first-order valence-corrected chi connectivity index (χ1v) is 9.60. The fourth-order valence-electron chi connectivity index (χ4n) is 6.60. The van der Waals surface area contributed by atoms with Crippen molar-refractivity contribution in [3.05, 3.63) is 0 Å². The van der Waals surface area contributed by atoms with Gasteiger partial charge in [0, 0.05) is 12.0 Å². The molecule has 0 unspecified atom stereocenters. The van der Waals surface area contributed by atoms with E-state index in [-0.39, 0.29) is 34.7 Å². The van der Waals surface area contributed by atoms with Crippen molar-refractivity contribution in [3.63, 3.8) is 0 Å². The number of hydrogen-bond acceptors (Lipinski definition) is 3. The topological polar surface area (TPSA) is 49.7 Å². The molecule has 1 heterocycles. The van der Waals surface area contributed by atoms with Crippen molar-refractivity contribution in [2.75, 3.05) is 6.61 Å². The highest BCUT2D eigenvalue weighted by molar-refractivity contribution is 5.16. The van der Waals surface area contributed by atoms with Crippen LogP contribution >= 0.6 is 0 Å². The van der Waals surface area contributed by atoms with Gasteiger partial charge in [-0.1, -0.05) is 27.7 Å². The molecule has 0 bridgehead atoms. The molecule has 0 aromatic rings. The van der Waals surface area contributed by atoms with E-state index in [2.05, 4.69) is 34.6 Å². The minimum atomic E-state index is -0.198. The number of aliphatic hydroxyl groups excluding tert-OH is 2. The summed E-state index contributed by atoms with van der Waals surface area (Å²) < 4.78 is 6.89. The molecule has 6 atom stereocenters. The molecule has 3 nitrogen and oxygen atoms in total. The van der Waals surface area contributed by atoms with Crippen LogP contribution in [-0.4, -0.2) is 34.1 Å². The maximum atomic E-state index is 10.6. The highest BCUT2D eigenvalue weighted by Gasteiger charge is 2.67. The average molecular weight is 325 g/mol. The lowest BCUT2D eigenvalue weighted by Crippen LogP contribution is -2.65. The van der Waals surface area contributed by atoms with Crippen LogP contribution < -0.4 is 0 Å². The van der Waals surface area contributed by atoms with E-state index in [0.29, 0.717) is 11.8 Å². The van der Waals surface area contributed by atoms with Gasteiger partial charge in [-0.05, 0) is 69.1 Å². The number of rotatable bonds is 2. The number of fused-ring (bicyclic) bond motifs is 2. The zero-order chi connectivity index (χ0) is 17.1. The zero-order valence-electron chi connectivity index (χ0n) is 15.7. The first-order valence-electron chi connectivity index (χ1n) is 9.60. The third-order valence-corrected chi connectivity index (χ3v) is 8.21. The van der Waals surface area contributed by atoms with Gasteiger partial charge in [0.2, 0.25) is 0 Å². The Bertz CT molecular complexity index is 462. The molecule has 3 heteroatoms. The largest absolute Gasteiger partial charge is 0.396 e. The maximum absolute atomic E-state index is 10.6. The van der Waals surface area contributed by atoms with Gasteiger partial charge in [0.15, 0.2) is 0 Å². The van der Waals surface area contributed by atoms with Gasteiger partial charge in [-0.2, -0.15) is 0 Å². The minimum absolute atomic E-state index is 0.0422. The van der Waals surface area contributed by atoms with Crippen LogP contribution in [0.3, 0.4) is 0 Å². The van der Waals surface area contributed by atoms with Crippen molar-refractivity contribution in [1.82, 2.24) is 0 Å². The highest BCUT2D eigenvalue weighted by atomic mass is 16.5. The second-order valence-corrected chi connectivity index (χ2v) is 9.74. The van der Waals surface area contributed by atoms with Gasteiger partial charge in [-0.3, -0.25) is 0 Å². The Morgan fingerprint density at radius 1 is 1.00 bits per heavy atom. The monoisotopic (exact) mass is 324 g/mol. The summed E-state index contributed by atoms with van der Waals surface area (Å²) in [6.07, 6.45) is 7.00. The number of hydrogen-bond donors (Lipinski definition) is 2. The van der Waals surface area contributed by atoms with Crippen molar-refractivity contribution >= 4 is 0 Å². The molecular formula is C20H36O3. The van der Waals surface area contributed by atoms with Gasteiger partial charge in [0.05, 0.1) is 17.3 Å². The van der Waals surface area contributed by atoms with Gasteiger partial charge in [0.25, 0.3) is 0 Å². The molecule has 3 rings (SSSR count). The smallest absolute Gasteiger partial charge is 0.0772 e. The second kappa shape index (κ2) is 5.44. The summed E-state index contributed by atoms with van der Waals surface area (Å²) >= 11 is 0. The van der Waals surface area contributed by atoms with Crippen LogP contribution in [0.2, 0.25) is 0 Å². The standard InChI is InChI=1S/C20H36O3/c1-14-6-7-15-17(2,3)16(22)8-9-19(15,5)20(14)11-10-18(4,23-20)12-13-21/h14-16,21-22H,6-13H2,1-5H3/t14-,15+,16+,18+,19+,20+/m0/s1. The first-order chi connectivity index (χ1) is 10.6. The molecule has 1 spiro atoms. The van der Waals surface area contributed by atoms with Crippen molar-refractivity contribution in [3.8, 4) is 0 Å². The maximum Gasteiger partial charge on any atom is 0.0772 e. The summed E-state index contributed by atoms with van der Waals surface area (Å²) in [5, 5.41) is 20.0. The summed E-state index contributed by atoms with van der Waals surface area (Å²) in [5.74, 6) is 1.06. The SMILES string of the molecule is C[C@H]1CC[C@@H]2C(C)(C)[C@H](O)CC[C@@]2(C)[C@@]12CC[C@](C)(CCO)O2. The normalized spacial score (nSPS) is 52.6. The van der Waals surface area contributed by atoms with Gasteiger partial charge in [-0.15, -0.1) is 0 Å². The summed E-state index contributed by atoms with van der Waals surface area (Å²) in [4.78, 5) is 0. The summed E-state index contributed by atoms with van der Waals surface area (Å²) in [7, 11) is 0. The third kappa shape index (κ3) is 2.33. The van der Waals surface area contributed by atoms with Gasteiger partial charge in [-0.25, -0.2) is 0 Å². The van der Waals surface area contributed by atoms with E-state index in [9.17, 15) is 10.2 Å². The molecule has 134 valence electrons. The highest BCUT2D eigenvalue weighted by Crippen LogP contribution is 2.67. The lowest BCUT2D eigenvalue weighted by Gasteiger charge is -2.64. The third-order valence-electron chi connectivity index (χ3n) is 8.21. The molecule has 2 N–H and O–H groups in total. The molecule has 1 saturated heterocycles. The van der Waals surface area contributed by atoms with E-state index < -0.39 is 0 Å². The lowest BCUT2D eigenvalue weighted by molar-refractivity contribution is -0.259. The van der Waals surface area contributed by atoms with Crippen LogP contribution in [0.5, 0.6) is 0 Å². The number of aliphatic hydroxyl groups is 2. The van der Waals surface area contributed by atoms with E-state index in [0.717, 1.165) is 32.1 Å². The molecule has 0 aromatic carbocycles. The minimum Gasteiger partial charge on any atom is -0.396 e. The van der Waals surface area contributed by atoms with E-state index in [4.69, 9.17) is 4.74 Å². The molecular weight excluding hydrogens is 288 g/mol. The Kier molecular flexibility index (Phi) is 4.18. The van der Waals surface area contributed by atoms with E-state index in [1.54, 1.807) is 0 Å². The first kappa shape index (κ1) is 17.7. The average Bonchev–Trinajstić information content (AvgIpc) is 2.81. The van der Waals surface area contributed by atoms with Crippen LogP contribution in [0, 0.1) is 22.7 Å². The fourth-order valence-corrected chi connectivity index (χ4v) is 6.60. The predicted molar refractivity (Wildman–Crippen MR) is 92.2 cm³/mol. The van der Waals surface area contributed by atoms with Crippen molar-refractivity contribution in [1.29, 1.82) is 0 Å². The van der Waals surface area contributed by atoms with Crippen LogP contribution in [0.4, 0.5) is 0 Å². The summed E-state index contributed by atoms with van der Waals surface area (Å²) in [6.45, 7) is 11.7. The molecule has 2 saturated carbocycles. The van der Waals surface area contributed by atoms with E-state index in [1.165, 1.54) is 12.8 Å². The van der Waals surface area contributed by atoms with Crippen LogP contribution in [0.1, 0.15) is 79.6 Å². The van der Waals surface area contributed by atoms with Gasteiger partial charge < -0.3 is 14.9 Å². The van der Waals surface area contributed by atoms with Crippen LogP contribution in [0.15, 0.2) is 0 Å². The van der Waals surface area contributed by atoms with Crippen molar-refractivity contribution in [2.45, 2.75) is 96.9 Å². The molecule has 0 amide bonds. The van der Waals surface area contributed by atoms with Gasteiger partial charge >= 0.3 is 0 Å². The molecule has 0 aromatic heterocycles. The van der Waals surface area contributed by atoms with Gasteiger partial charge in [0.1, 0.15) is 0 Å². The van der Waals surface area contributed by atoms with Crippen molar-refractivity contribution < 1.29 is 14.9 Å². The van der Waals surface area contributed by atoms with Crippen LogP contribution in [0.25, 0.3) is 0 Å². The van der Waals surface area contributed by atoms with E-state index >= 15 is 0 Å². The number of ether oxygens (including phenoxy) is 1. The predicted octanol–water partition coefficient (Wildman–Crippen LogP) is 3.91.